The van der Waals surface area contributed by atoms with Crippen LogP contribution in [0.25, 0.3) is 0 Å². The Balaban J connectivity index is 2.01. The summed E-state index contributed by atoms with van der Waals surface area (Å²) in [6.45, 7) is 11.4. The molecule has 112 valence electrons. The smallest absolute Gasteiger partial charge is 0.119 e. The molecule has 0 aliphatic carbocycles. The van der Waals surface area contributed by atoms with Gasteiger partial charge in [0.1, 0.15) is 5.75 Å². The Hall–Kier alpha value is -1.96. The molecule has 2 nitrogen and oxygen atoms in total. The molecule has 1 N–H and O–H groups in total. The molecule has 0 saturated heterocycles. The van der Waals surface area contributed by atoms with Gasteiger partial charge < -0.3 is 10.1 Å². The van der Waals surface area contributed by atoms with Gasteiger partial charge >= 0.3 is 0 Å². The van der Waals surface area contributed by atoms with Crippen molar-refractivity contribution in [1.82, 2.24) is 0 Å². The van der Waals surface area contributed by atoms with Crippen LogP contribution in [0.4, 0.5) is 5.69 Å². The second-order valence-electron chi connectivity index (χ2n) is 5.91. The van der Waals surface area contributed by atoms with E-state index in [-0.39, 0.29) is 6.10 Å². The fraction of sp³-hybridized carbons (Fsp3) is 0.368. The van der Waals surface area contributed by atoms with E-state index in [2.05, 4.69) is 50.4 Å². The number of hydrogen-bond donors (Lipinski definition) is 1. The number of hydrogen-bond acceptors (Lipinski definition) is 2. The monoisotopic (exact) mass is 283 g/mol. The Morgan fingerprint density at radius 3 is 2.14 bits per heavy atom. The van der Waals surface area contributed by atoms with Crippen molar-refractivity contribution in [3.8, 4) is 5.75 Å². The Labute approximate surface area is 128 Å². The normalized spacial score (nSPS) is 10.8. The SMILES string of the molecule is Cc1cc(C)c(CNc2ccc(OC(C)C)cc2)cc1C. The van der Waals surface area contributed by atoms with Crippen molar-refractivity contribution < 1.29 is 4.74 Å². The lowest BCUT2D eigenvalue weighted by molar-refractivity contribution is 0.242. The van der Waals surface area contributed by atoms with Gasteiger partial charge in [0, 0.05) is 12.2 Å². The van der Waals surface area contributed by atoms with Gasteiger partial charge in [-0.25, -0.2) is 0 Å². The summed E-state index contributed by atoms with van der Waals surface area (Å²) in [4.78, 5) is 0. The fourth-order valence-corrected chi connectivity index (χ4v) is 2.33. The number of nitrogens with one attached hydrogen (secondary N) is 1. The fourth-order valence-electron chi connectivity index (χ4n) is 2.33. The molecule has 0 aromatic heterocycles. The third kappa shape index (κ3) is 4.25. The Kier molecular flexibility index (Phi) is 4.89. The topological polar surface area (TPSA) is 21.3 Å². The van der Waals surface area contributed by atoms with Crippen molar-refractivity contribution in [2.24, 2.45) is 0 Å². The van der Waals surface area contributed by atoms with Gasteiger partial charge in [0.15, 0.2) is 0 Å². The minimum atomic E-state index is 0.210. The lowest BCUT2D eigenvalue weighted by Crippen LogP contribution is -2.06. The molecule has 0 heterocycles. The van der Waals surface area contributed by atoms with Gasteiger partial charge in [0.2, 0.25) is 0 Å². The summed E-state index contributed by atoms with van der Waals surface area (Å²) in [6, 6.07) is 12.7. The van der Waals surface area contributed by atoms with Gasteiger partial charge in [-0.3, -0.25) is 0 Å². The van der Waals surface area contributed by atoms with Crippen molar-refractivity contribution in [3.05, 3.63) is 58.7 Å². The Bertz CT molecular complexity index is 600. The molecule has 0 amide bonds. The zero-order valence-electron chi connectivity index (χ0n) is 13.7. The van der Waals surface area contributed by atoms with Crippen LogP contribution in [0.5, 0.6) is 5.75 Å². The highest BCUT2D eigenvalue weighted by Crippen LogP contribution is 2.19. The number of benzene rings is 2. The van der Waals surface area contributed by atoms with Crippen molar-refractivity contribution in [2.45, 2.75) is 47.3 Å². The molecule has 0 fully saturated rings. The van der Waals surface area contributed by atoms with E-state index in [4.69, 9.17) is 4.74 Å². The summed E-state index contributed by atoms with van der Waals surface area (Å²) in [7, 11) is 0. The second-order valence-corrected chi connectivity index (χ2v) is 5.91. The Morgan fingerprint density at radius 1 is 0.905 bits per heavy atom. The molecule has 21 heavy (non-hydrogen) atoms. The molecule has 2 rings (SSSR count). The lowest BCUT2D eigenvalue weighted by atomic mass is 10.0. The molecule has 0 aliphatic heterocycles. The molecule has 0 spiro atoms. The number of anilines is 1. The van der Waals surface area contributed by atoms with Crippen LogP contribution in [0, 0.1) is 20.8 Å². The summed E-state index contributed by atoms with van der Waals surface area (Å²) in [5.74, 6) is 0.915. The van der Waals surface area contributed by atoms with E-state index >= 15 is 0 Å². The van der Waals surface area contributed by atoms with E-state index in [1.807, 2.05) is 26.0 Å². The van der Waals surface area contributed by atoms with Crippen LogP contribution in [0.3, 0.4) is 0 Å². The third-order valence-electron chi connectivity index (χ3n) is 3.66. The maximum absolute atomic E-state index is 5.65. The van der Waals surface area contributed by atoms with E-state index in [1.165, 1.54) is 22.3 Å². The average Bonchev–Trinajstić information content (AvgIpc) is 2.42. The molecule has 2 aromatic carbocycles. The highest BCUT2D eigenvalue weighted by Gasteiger charge is 2.03. The van der Waals surface area contributed by atoms with E-state index in [9.17, 15) is 0 Å². The first-order chi connectivity index (χ1) is 9.95. The maximum Gasteiger partial charge on any atom is 0.119 e. The van der Waals surface area contributed by atoms with Crippen molar-refractivity contribution >= 4 is 5.69 Å². The quantitative estimate of drug-likeness (QED) is 0.832. The van der Waals surface area contributed by atoms with Crippen molar-refractivity contribution in [3.63, 3.8) is 0 Å². The van der Waals surface area contributed by atoms with Crippen LogP contribution in [-0.2, 0) is 6.54 Å². The number of aryl methyl sites for hydroxylation is 3. The largest absolute Gasteiger partial charge is 0.491 e. The minimum absolute atomic E-state index is 0.210. The molecule has 0 bridgehead atoms. The highest BCUT2D eigenvalue weighted by molar-refractivity contribution is 5.48. The number of rotatable bonds is 5. The lowest BCUT2D eigenvalue weighted by Gasteiger charge is -2.13. The summed E-state index contributed by atoms with van der Waals surface area (Å²) >= 11 is 0. The Morgan fingerprint density at radius 2 is 1.52 bits per heavy atom. The van der Waals surface area contributed by atoms with Crippen LogP contribution >= 0.6 is 0 Å². The predicted molar refractivity (Wildman–Crippen MR) is 90.2 cm³/mol. The first kappa shape index (κ1) is 15.4. The van der Waals surface area contributed by atoms with Gasteiger partial charge in [-0.15, -0.1) is 0 Å². The molecule has 2 aromatic rings. The van der Waals surface area contributed by atoms with E-state index < -0.39 is 0 Å². The zero-order valence-corrected chi connectivity index (χ0v) is 13.7. The molecular weight excluding hydrogens is 258 g/mol. The van der Waals surface area contributed by atoms with E-state index in [1.54, 1.807) is 0 Å². The van der Waals surface area contributed by atoms with E-state index in [0.29, 0.717) is 0 Å². The maximum atomic E-state index is 5.65. The van der Waals surface area contributed by atoms with Gasteiger partial charge in [-0.1, -0.05) is 12.1 Å². The van der Waals surface area contributed by atoms with Crippen LogP contribution in [0.2, 0.25) is 0 Å². The minimum Gasteiger partial charge on any atom is -0.491 e. The molecule has 2 heteroatoms. The summed E-state index contributed by atoms with van der Waals surface area (Å²) in [5, 5.41) is 3.47. The third-order valence-corrected chi connectivity index (χ3v) is 3.66. The standard InChI is InChI=1S/C19H25NO/c1-13(2)21-19-8-6-18(7-9-19)20-12-17-11-15(4)14(3)10-16(17)5/h6-11,13,20H,12H2,1-5H3. The molecule has 0 atom stereocenters. The summed E-state index contributed by atoms with van der Waals surface area (Å²) in [6.07, 6.45) is 0.210. The van der Waals surface area contributed by atoms with Crippen LogP contribution in [-0.4, -0.2) is 6.10 Å². The van der Waals surface area contributed by atoms with Gasteiger partial charge in [-0.05, 0) is 81.1 Å². The molecule has 0 radical (unpaired) electrons. The highest BCUT2D eigenvalue weighted by atomic mass is 16.5. The van der Waals surface area contributed by atoms with Gasteiger partial charge in [0.25, 0.3) is 0 Å². The first-order valence-corrected chi connectivity index (χ1v) is 7.53. The molecule has 0 saturated carbocycles. The summed E-state index contributed by atoms with van der Waals surface area (Å²) in [5.41, 5.74) is 6.50. The van der Waals surface area contributed by atoms with Crippen molar-refractivity contribution in [1.29, 1.82) is 0 Å². The van der Waals surface area contributed by atoms with Crippen molar-refractivity contribution in [2.75, 3.05) is 5.32 Å². The summed E-state index contributed by atoms with van der Waals surface area (Å²) < 4.78 is 5.65. The predicted octanol–water partition coefficient (Wildman–Crippen LogP) is 5.01. The first-order valence-electron chi connectivity index (χ1n) is 7.53. The van der Waals surface area contributed by atoms with E-state index in [0.717, 1.165) is 18.0 Å². The van der Waals surface area contributed by atoms with Gasteiger partial charge in [-0.2, -0.15) is 0 Å². The van der Waals surface area contributed by atoms with Gasteiger partial charge in [0.05, 0.1) is 6.10 Å². The van der Waals surface area contributed by atoms with Crippen LogP contribution in [0.15, 0.2) is 36.4 Å². The molecule has 0 unspecified atom stereocenters. The zero-order chi connectivity index (χ0) is 15.4. The van der Waals surface area contributed by atoms with Crippen LogP contribution in [0.1, 0.15) is 36.1 Å². The molecular formula is C19H25NO. The average molecular weight is 283 g/mol. The molecule has 0 aliphatic rings. The number of ether oxygens (including phenoxy) is 1. The second kappa shape index (κ2) is 6.66. The van der Waals surface area contributed by atoms with Crippen LogP contribution < -0.4 is 10.1 Å².